The van der Waals surface area contributed by atoms with E-state index in [2.05, 4.69) is 5.32 Å². The number of urea groups is 1. The van der Waals surface area contributed by atoms with Crippen LogP contribution in [0.3, 0.4) is 0 Å². The highest BCUT2D eigenvalue weighted by Gasteiger charge is 2.17. The average molecular weight is 287 g/mol. The number of carbonyl (C=O) groups is 3. The molecule has 0 spiro atoms. The summed E-state index contributed by atoms with van der Waals surface area (Å²) in [5.74, 6) is -1.39. The Bertz CT molecular complexity index is 334. The minimum atomic E-state index is -0.846. The van der Waals surface area contributed by atoms with Crippen LogP contribution in [0.4, 0.5) is 4.79 Å². The van der Waals surface area contributed by atoms with Crippen molar-refractivity contribution in [2.75, 3.05) is 13.1 Å². The number of aliphatic carboxylic acids is 1. The molecule has 0 saturated carbocycles. The molecule has 0 rings (SSSR count). The Morgan fingerprint density at radius 2 is 1.95 bits per heavy atom. The van der Waals surface area contributed by atoms with Crippen LogP contribution in [0.5, 0.6) is 0 Å². The van der Waals surface area contributed by atoms with Gasteiger partial charge in [0.15, 0.2) is 0 Å². The van der Waals surface area contributed by atoms with Crippen molar-refractivity contribution in [3.05, 3.63) is 0 Å². The van der Waals surface area contributed by atoms with Crippen molar-refractivity contribution in [2.24, 2.45) is 5.73 Å². The van der Waals surface area contributed by atoms with Crippen LogP contribution in [0.15, 0.2) is 0 Å². The second-order valence-corrected chi connectivity index (χ2v) is 4.88. The Labute approximate surface area is 119 Å². The molecule has 7 nitrogen and oxygen atoms in total. The minimum absolute atomic E-state index is 0.0844. The summed E-state index contributed by atoms with van der Waals surface area (Å²) >= 11 is 0. The Kier molecular flexibility index (Phi) is 9.15. The molecule has 0 aromatic rings. The van der Waals surface area contributed by atoms with Gasteiger partial charge in [-0.1, -0.05) is 13.3 Å². The van der Waals surface area contributed by atoms with Gasteiger partial charge in [-0.05, 0) is 26.2 Å². The maximum atomic E-state index is 12.0. The van der Waals surface area contributed by atoms with Gasteiger partial charge in [-0.3, -0.25) is 9.59 Å². The van der Waals surface area contributed by atoms with Gasteiger partial charge in [-0.2, -0.15) is 0 Å². The summed E-state index contributed by atoms with van der Waals surface area (Å²) in [5.41, 5.74) is 5.12. The molecule has 0 aliphatic heterocycles. The zero-order chi connectivity index (χ0) is 15.5. The number of amides is 3. The van der Waals surface area contributed by atoms with Crippen LogP contribution in [0.1, 0.15) is 46.0 Å². The van der Waals surface area contributed by atoms with Gasteiger partial charge in [-0.25, -0.2) is 4.79 Å². The van der Waals surface area contributed by atoms with Gasteiger partial charge in [0.05, 0.1) is 0 Å². The SMILES string of the molecule is CCCCN(CC(N)=O)C(=O)NC(C)CCCC(=O)O. The van der Waals surface area contributed by atoms with Gasteiger partial charge in [-0.15, -0.1) is 0 Å². The van der Waals surface area contributed by atoms with Crippen molar-refractivity contribution < 1.29 is 19.5 Å². The molecule has 3 amide bonds. The zero-order valence-corrected chi connectivity index (χ0v) is 12.2. The van der Waals surface area contributed by atoms with Gasteiger partial charge < -0.3 is 21.1 Å². The fourth-order valence-electron chi connectivity index (χ4n) is 1.72. The summed E-state index contributed by atoms with van der Waals surface area (Å²) in [6.45, 7) is 4.18. The van der Waals surface area contributed by atoms with Gasteiger partial charge in [0.2, 0.25) is 5.91 Å². The monoisotopic (exact) mass is 287 g/mol. The third-order valence-electron chi connectivity index (χ3n) is 2.81. The first kappa shape index (κ1) is 18.2. The Balaban J connectivity index is 4.21. The van der Waals surface area contributed by atoms with Crippen LogP contribution in [0, 0.1) is 0 Å². The first-order valence-electron chi connectivity index (χ1n) is 6.92. The molecule has 0 aliphatic carbocycles. The number of carboxylic acids is 1. The van der Waals surface area contributed by atoms with Crippen LogP contribution in [-0.4, -0.2) is 47.0 Å². The largest absolute Gasteiger partial charge is 0.481 e. The Hall–Kier alpha value is -1.79. The van der Waals surface area contributed by atoms with Crippen molar-refractivity contribution in [1.82, 2.24) is 10.2 Å². The molecule has 7 heteroatoms. The van der Waals surface area contributed by atoms with Gasteiger partial charge >= 0.3 is 12.0 Å². The second-order valence-electron chi connectivity index (χ2n) is 4.88. The maximum Gasteiger partial charge on any atom is 0.318 e. The number of rotatable bonds is 10. The smallest absolute Gasteiger partial charge is 0.318 e. The first-order valence-corrected chi connectivity index (χ1v) is 6.92. The molecule has 0 bridgehead atoms. The van der Waals surface area contributed by atoms with Crippen LogP contribution in [0.25, 0.3) is 0 Å². The number of hydrogen-bond donors (Lipinski definition) is 3. The van der Waals surface area contributed by atoms with Crippen molar-refractivity contribution in [3.63, 3.8) is 0 Å². The van der Waals surface area contributed by atoms with E-state index in [1.165, 1.54) is 4.90 Å². The normalized spacial score (nSPS) is 11.7. The lowest BCUT2D eigenvalue weighted by atomic mass is 10.1. The van der Waals surface area contributed by atoms with Gasteiger partial charge in [0, 0.05) is 19.0 Å². The predicted molar refractivity (Wildman–Crippen MR) is 75.2 cm³/mol. The lowest BCUT2D eigenvalue weighted by molar-refractivity contribution is -0.137. The molecule has 0 aromatic heterocycles. The van der Waals surface area contributed by atoms with Crippen molar-refractivity contribution in [1.29, 1.82) is 0 Å². The number of nitrogens with two attached hydrogens (primary N) is 1. The topological polar surface area (TPSA) is 113 Å². The summed E-state index contributed by atoms with van der Waals surface area (Å²) < 4.78 is 0. The number of nitrogens with one attached hydrogen (secondary N) is 1. The number of carboxylic acid groups (broad SMARTS) is 1. The van der Waals surface area contributed by atoms with E-state index >= 15 is 0 Å². The van der Waals surface area contributed by atoms with E-state index in [0.717, 1.165) is 12.8 Å². The molecule has 1 atom stereocenters. The highest BCUT2D eigenvalue weighted by Crippen LogP contribution is 2.02. The van der Waals surface area contributed by atoms with E-state index in [0.29, 0.717) is 19.4 Å². The number of primary amides is 1. The standard InChI is InChI=1S/C13H25N3O4/c1-3-4-8-16(9-11(14)17)13(20)15-10(2)6-5-7-12(18)19/h10H,3-9H2,1-2H3,(H2,14,17)(H,15,20)(H,18,19). The average Bonchev–Trinajstić information content (AvgIpc) is 2.33. The molecule has 4 N–H and O–H groups in total. The van der Waals surface area contributed by atoms with Crippen LogP contribution in [-0.2, 0) is 9.59 Å². The Morgan fingerprint density at radius 1 is 1.30 bits per heavy atom. The number of unbranched alkanes of at least 4 members (excludes halogenated alkanes) is 1. The summed E-state index contributed by atoms with van der Waals surface area (Å²) in [6.07, 6.45) is 2.88. The number of nitrogens with zero attached hydrogens (tertiary/aromatic N) is 1. The molecular weight excluding hydrogens is 262 g/mol. The van der Waals surface area contributed by atoms with Crippen molar-refractivity contribution >= 4 is 17.9 Å². The molecule has 0 fully saturated rings. The molecule has 0 radical (unpaired) electrons. The molecule has 0 saturated heterocycles. The van der Waals surface area contributed by atoms with E-state index in [4.69, 9.17) is 10.8 Å². The Morgan fingerprint density at radius 3 is 2.45 bits per heavy atom. The maximum absolute atomic E-state index is 12.0. The highest BCUT2D eigenvalue weighted by molar-refractivity contribution is 5.83. The molecule has 0 aliphatic rings. The summed E-state index contributed by atoms with van der Waals surface area (Å²) in [7, 11) is 0. The van der Waals surface area contributed by atoms with Crippen LogP contribution >= 0.6 is 0 Å². The third kappa shape index (κ3) is 9.18. The molecule has 0 aromatic carbocycles. The van der Waals surface area contributed by atoms with Crippen LogP contribution < -0.4 is 11.1 Å². The quantitative estimate of drug-likeness (QED) is 0.554. The van der Waals surface area contributed by atoms with Gasteiger partial charge in [0.25, 0.3) is 0 Å². The summed E-state index contributed by atoms with van der Waals surface area (Å²) in [6, 6.07) is -0.473. The molecule has 0 heterocycles. The summed E-state index contributed by atoms with van der Waals surface area (Å²) in [5, 5.41) is 11.3. The third-order valence-corrected chi connectivity index (χ3v) is 2.81. The zero-order valence-electron chi connectivity index (χ0n) is 12.2. The second kappa shape index (κ2) is 10.1. The van der Waals surface area contributed by atoms with Crippen LogP contribution in [0.2, 0.25) is 0 Å². The number of hydrogen-bond acceptors (Lipinski definition) is 3. The fourth-order valence-corrected chi connectivity index (χ4v) is 1.72. The molecule has 20 heavy (non-hydrogen) atoms. The number of carbonyl (C=O) groups excluding carboxylic acids is 2. The first-order chi connectivity index (χ1) is 9.36. The van der Waals surface area contributed by atoms with E-state index in [9.17, 15) is 14.4 Å². The fraction of sp³-hybridized carbons (Fsp3) is 0.769. The molecular formula is C13H25N3O4. The van der Waals surface area contributed by atoms with E-state index < -0.39 is 11.9 Å². The molecule has 1 unspecified atom stereocenters. The van der Waals surface area contributed by atoms with E-state index in [-0.39, 0.29) is 25.0 Å². The molecule has 116 valence electrons. The highest BCUT2D eigenvalue weighted by atomic mass is 16.4. The van der Waals surface area contributed by atoms with Crippen molar-refractivity contribution in [3.8, 4) is 0 Å². The lowest BCUT2D eigenvalue weighted by Gasteiger charge is -2.24. The summed E-state index contributed by atoms with van der Waals surface area (Å²) in [4.78, 5) is 34.7. The van der Waals surface area contributed by atoms with Crippen molar-refractivity contribution in [2.45, 2.75) is 52.0 Å². The lowest BCUT2D eigenvalue weighted by Crippen LogP contribution is -2.47. The minimum Gasteiger partial charge on any atom is -0.481 e. The van der Waals surface area contributed by atoms with Gasteiger partial charge in [0.1, 0.15) is 6.54 Å². The van der Waals surface area contributed by atoms with E-state index in [1.807, 2.05) is 13.8 Å². The predicted octanol–water partition coefficient (Wildman–Crippen LogP) is 0.927. The van der Waals surface area contributed by atoms with E-state index in [1.54, 1.807) is 0 Å².